The number of benzene rings is 3. The Morgan fingerprint density at radius 3 is 2.47 bits per heavy atom. The highest BCUT2D eigenvalue weighted by Gasteiger charge is 2.42. The lowest BCUT2D eigenvalue weighted by Gasteiger charge is -2.32. The van der Waals surface area contributed by atoms with Crippen molar-refractivity contribution in [2.45, 2.75) is 11.8 Å². The van der Waals surface area contributed by atoms with Gasteiger partial charge in [0, 0.05) is 26.7 Å². The van der Waals surface area contributed by atoms with E-state index in [0.717, 1.165) is 27.9 Å². The van der Waals surface area contributed by atoms with Crippen LogP contribution in [0, 0.1) is 0 Å². The van der Waals surface area contributed by atoms with Gasteiger partial charge in [0.2, 0.25) is 11.7 Å². The van der Waals surface area contributed by atoms with Crippen LogP contribution in [0.15, 0.2) is 66.7 Å². The number of aromatic nitrogens is 4. The Bertz CT molecular complexity index is 1300. The molecule has 1 saturated heterocycles. The van der Waals surface area contributed by atoms with E-state index in [9.17, 15) is 0 Å². The van der Waals surface area contributed by atoms with Crippen LogP contribution in [0.4, 0.5) is 5.95 Å². The average molecular weight is 466 g/mol. The molecule has 32 heavy (non-hydrogen) atoms. The molecule has 9 heteroatoms. The lowest BCUT2D eigenvalue weighted by molar-refractivity contribution is -0.129. The maximum absolute atomic E-state index is 6.30. The van der Waals surface area contributed by atoms with Crippen LogP contribution >= 0.6 is 23.2 Å². The quantitative estimate of drug-likeness (QED) is 0.471. The summed E-state index contributed by atoms with van der Waals surface area (Å²) in [5.41, 5.74) is 4.62. The topological polar surface area (TPSA) is 74.1 Å². The van der Waals surface area contributed by atoms with Crippen molar-refractivity contribution >= 4 is 29.2 Å². The Labute approximate surface area is 193 Å². The maximum atomic E-state index is 6.30. The second-order valence-corrected chi connectivity index (χ2v) is 8.51. The molecule has 2 aliphatic heterocycles. The van der Waals surface area contributed by atoms with E-state index in [4.69, 9.17) is 32.7 Å². The SMILES string of the molecule is Clc1ccc(C2(c3ccc4c(c3)C(c3cccc(Cl)c3)Nc3nnnn3-4)OCCO2)cc1. The molecule has 0 aliphatic carbocycles. The van der Waals surface area contributed by atoms with Crippen molar-refractivity contribution in [2.75, 3.05) is 18.5 Å². The molecule has 7 nitrogen and oxygen atoms in total. The van der Waals surface area contributed by atoms with Crippen molar-refractivity contribution < 1.29 is 9.47 Å². The van der Waals surface area contributed by atoms with Gasteiger partial charge in [0.25, 0.3) is 0 Å². The van der Waals surface area contributed by atoms with Crippen molar-refractivity contribution in [1.82, 2.24) is 20.2 Å². The highest BCUT2D eigenvalue weighted by molar-refractivity contribution is 6.30. The zero-order valence-electron chi connectivity index (χ0n) is 16.7. The number of tetrazole rings is 1. The van der Waals surface area contributed by atoms with Crippen LogP contribution in [0.2, 0.25) is 10.0 Å². The molecular weight excluding hydrogens is 449 g/mol. The normalized spacial score (nSPS) is 18.6. The Kier molecular flexibility index (Phi) is 4.66. The van der Waals surface area contributed by atoms with E-state index in [1.165, 1.54) is 0 Å². The third-order valence-electron chi connectivity index (χ3n) is 5.79. The second-order valence-electron chi connectivity index (χ2n) is 7.64. The molecule has 0 amide bonds. The van der Waals surface area contributed by atoms with Crippen molar-refractivity contribution in [3.05, 3.63) is 99.0 Å². The molecule has 6 rings (SSSR count). The van der Waals surface area contributed by atoms with Gasteiger partial charge in [-0.05, 0) is 52.4 Å². The number of nitrogens with zero attached hydrogens (tertiary/aromatic N) is 4. The van der Waals surface area contributed by atoms with Gasteiger partial charge < -0.3 is 14.8 Å². The highest BCUT2D eigenvalue weighted by Crippen LogP contribution is 2.43. The first kappa shape index (κ1) is 19.7. The number of nitrogens with one attached hydrogen (secondary N) is 1. The molecule has 1 aromatic heterocycles. The monoisotopic (exact) mass is 465 g/mol. The van der Waals surface area contributed by atoms with E-state index in [2.05, 4.69) is 26.9 Å². The van der Waals surface area contributed by atoms with E-state index < -0.39 is 5.79 Å². The zero-order chi connectivity index (χ0) is 21.7. The molecule has 0 radical (unpaired) electrons. The van der Waals surface area contributed by atoms with Gasteiger partial charge >= 0.3 is 0 Å². The van der Waals surface area contributed by atoms with Crippen LogP contribution in [0.5, 0.6) is 0 Å². The molecular formula is C23H17Cl2N5O2. The van der Waals surface area contributed by atoms with Crippen LogP contribution in [-0.2, 0) is 15.3 Å². The number of rotatable bonds is 3. The van der Waals surface area contributed by atoms with Gasteiger partial charge in [-0.1, -0.05) is 58.6 Å². The molecule has 0 bridgehead atoms. The summed E-state index contributed by atoms with van der Waals surface area (Å²) in [7, 11) is 0. The summed E-state index contributed by atoms with van der Waals surface area (Å²) in [5.74, 6) is -0.449. The van der Waals surface area contributed by atoms with E-state index in [1.54, 1.807) is 4.68 Å². The van der Waals surface area contributed by atoms with Crippen LogP contribution in [0.25, 0.3) is 5.69 Å². The first-order chi connectivity index (χ1) is 15.6. The van der Waals surface area contributed by atoms with E-state index in [1.807, 2.05) is 60.7 Å². The van der Waals surface area contributed by atoms with Gasteiger partial charge in [-0.2, -0.15) is 4.68 Å². The summed E-state index contributed by atoms with van der Waals surface area (Å²) in [5, 5.41) is 16.8. The van der Waals surface area contributed by atoms with Gasteiger partial charge in [-0.25, -0.2) is 0 Å². The van der Waals surface area contributed by atoms with Gasteiger partial charge in [0.1, 0.15) is 0 Å². The molecule has 0 saturated carbocycles. The number of anilines is 1. The molecule has 2 aliphatic rings. The predicted molar refractivity (Wildman–Crippen MR) is 120 cm³/mol. The average Bonchev–Trinajstić information content (AvgIpc) is 3.49. The Hall–Kier alpha value is -2.97. The first-order valence-corrected chi connectivity index (χ1v) is 10.9. The van der Waals surface area contributed by atoms with E-state index in [0.29, 0.717) is 29.2 Å². The predicted octanol–water partition coefficient (Wildman–Crippen LogP) is 4.73. The Morgan fingerprint density at radius 1 is 0.906 bits per heavy atom. The smallest absolute Gasteiger partial charge is 0.248 e. The van der Waals surface area contributed by atoms with E-state index >= 15 is 0 Å². The highest BCUT2D eigenvalue weighted by atomic mass is 35.5. The number of ether oxygens (including phenoxy) is 2. The minimum absolute atomic E-state index is 0.203. The Morgan fingerprint density at radius 2 is 1.69 bits per heavy atom. The fraction of sp³-hybridized carbons (Fsp3) is 0.174. The molecule has 160 valence electrons. The standard InChI is InChI=1S/C23H17Cl2N5O2/c24-17-7-4-15(5-8-17)23(31-10-11-32-23)16-6-9-20-19(13-16)21(14-2-1-3-18(25)12-14)26-22-27-28-29-30(20)22/h1-9,12-13,21H,10-11H2,(H,26,27,29). The molecule has 3 aromatic carbocycles. The first-order valence-electron chi connectivity index (χ1n) is 10.1. The minimum Gasteiger partial charge on any atom is -0.342 e. The van der Waals surface area contributed by atoms with Gasteiger partial charge in [0.15, 0.2) is 0 Å². The van der Waals surface area contributed by atoms with Crippen molar-refractivity contribution in [3.8, 4) is 5.69 Å². The third-order valence-corrected chi connectivity index (χ3v) is 6.28. The summed E-state index contributed by atoms with van der Waals surface area (Å²) < 4.78 is 14.1. The Balaban J connectivity index is 1.53. The lowest BCUT2D eigenvalue weighted by Crippen LogP contribution is -2.30. The largest absolute Gasteiger partial charge is 0.342 e. The second kappa shape index (κ2) is 7.56. The number of hydrogen-bond donors (Lipinski definition) is 1. The molecule has 3 heterocycles. The van der Waals surface area contributed by atoms with Crippen LogP contribution < -0.4 is 5.32 Å². The molecule has 1 unspecified atom stereocenters. The fourth-order valence-corrected chi connectivity index (χ4v) is 4.69. The molecule has 1 N–H and O–H groups in total. The number of halogens is 2. The van der Waals surface area contributed by atoms with Crippen molar-refractivity contribution in [2.24, 2.45) is 0 Å². The van der Waals surface area contributed by atoms with Crippen LogP contribution in [-0.4, -0.2) is 33.4 Å². The molecule has 0 spiro atoms. The van der Waals surface area contributed by atoms with Crippen LogP contribution in [0.1, 0.15) is 28.3 Å². The molecule has 1 fully saturated rings. The zero-order valence-corrected chi connectivity index (χ0v) is 18.2. The number of hydrogen-bond acceptors (Lipinski definition) is 6. The van der Waals surface area contributed by atoms with Gasteiger partial charge in [-0.15, -0.1) is 0 Å². The summed E-state index contributed by atoms with van der Waals surface area (Å²) in [4.78, 5) is 0. The molecule has 1 atom stereocenters. The van der Waals surface area contributed by atoms with Crippen molar-refractivity contribution in [3.63, 3.8) is 0 Å². The summed E-state index contributed by atoms with van der Waals surface area (Å²) >= 11 is 12.4. The fourth-order valence-electron chi connectivity index (χ4n) is 4.36. The summed E-state index contributed by atoms with van der Waals surface area (Å²) in [6.45, 7) is 0.986. The lowest BCUT2D eigenvalue weighted by atomic mass is 9.90. The van der Waals surface area contributed by atoms with Crippen molar-refractivity contribution in [1.29, 1.82) is 0 Å². The summed E-state index contributed by atoms with van der Waals surface area (Å²) in [6.07, 6.45) is 0. The van der Waals surface area contributed by atoms with E-state index in [-0.39, 0.29) is 6.04 Å². The number of fused-ring (bicyclic) bond motifs is 3. The van der Waals surface area contributed by atoms with Crippen LogP contribution in [0.3, 0.4) is 0 Å². The molecule has 4 aromatic rings. The van der Waals surface area contributed by atoms with Gasteiger partial charge in [-0.3, -0.25) is 0 Å². The maximum Gasteiger partial charge on any atom is 0.248 e. The third kappa shape index (κ3) is 3.09. The van der Waals surface area contributed by atoms with Gasteiger partial charge in [0.05, 0.1) is 24.9 Å². The minimum atomic E-state index is -1.01. The summed E-state index contributed by atoms with van der Waals surface area (Å²) in [6, 6.07) is 21.1.